The maximum Gasteiger partial charge on any atom is 0.234 e. The van der Waals surface area contributed by atoms with E-state index in [9.17, 15) is 4.79 Å². The van der Waals surface area contributed by atoms with Gasteiger partial charge >= 0.3 is 0 Å². The molecule has 2 N–H and O–H groups in total. The van der Waals surface area contributed by atoms with Gasteiger partial charge in [0, 0.05) is 12.1 Å². The molecule has 0 aromatic carbocycles. The van der Waals surface area contributed by atoms with Crippen LogP contribution in [0.4, 0.5) is 0 Å². The number of carbonyl (C=O) groups excluding carboxylic acids is 1. The van der Waals surface area contributed by atoms with Gasteiger partial charge < -0.3 is 10.6 Å². The quantitative estimate of drug-likeness (QED) is 0.759. The number of hydrogen-bond donors (Lipinski definition) is 2. The third kappa shape index (κ3) is 5.11. The Morgan fingerprint density at radius 3 is 2.37 bits per heavy atom. The molecule has 1 heterocycles. The predicted molar refractivity (Wildman–Crippen MR) is 78.2 cm³/mol. The number of nitrogens with zero attached hydrogens (tertiary/aromatic N) is 1. The second-order valence-electron chi connectivity index (χ2n) is 6.15. The summed E-state index contributed by atoms with van der Waals surface area (Å²) in [6, 6.07) is 0.998. The normalized spacial score (nSPS) is 23.3. The van der Waals surface area contributed by atoms with E-state index in [0.717, 1.165) is 25.9 Å². The molecule has 19 heavy (non-hydrogen) atoms. The summed E-state index contributed by atoms with van der Waals surface area (Å²) in [6.45, 7) is 2.72. The molecule has 0 unspecified atom stereocenters. The van der Waals surface area contributed by atoms with Crippen molar-refractivity contribution in [3.8, 4) is 0 Å². The average Bonchev–Trinajstić information content (AvgIpc) is 2.68. The molecule has 0 radical (unpaired) electrons. The molecule has 1 aliphatic heterocycles. The van der Waals surface area contributed by atoms with Crippen LogP contribution in [-0.2, 0) is 4.79 Å². The summed E-state index contributed by atoms with van der Waals surface area (Å²) in [5.41, 5.74) is 0. The lowest BCUT2D eigenvalue weighted by Gasteiger charge is -2.31. The standard InChI is InChI=1S/C15H29N3O/c1-18(14-8-10-16-11-9-14)12-15(19)17-13-6-4-2-3-5-7-13/h13-14,16H,2-12H2,1H3,(H,17,19). The van der Waals surface area contributed by atoms with E-state index < -0.39 is 0 Å². The maximum atomic E-state index is 12.1. The number of carbonyl (C=O) groups is 1. The Hall–Kier alpha value is -0.610. The third-order valence-electron chi connectivity index (χ3n) is 4.55. The van der Waals surface area contributed by atoms with Crippen LogP contribution in [0.5, 0.6) is 0 Å². The lowest BCUT2D eigenvalue weighted by molar-refractivity contribution is -0.123. The number of piperidine rings is 1. The van der Waals surface area contributed by atoms with Crippen LogP contribution in [-0.4, -0.2) is 49.6 Å². The zero-order chi connectivity index (χ0) is 13.5. The number of nitrogens with one attached hydrogen (secondary N) is 2. The van der Waals surface area contributed by atoms with Crippen molar-refractivity contribution >= 4 is 5.91 Å². The predicted octanol–water partition coefficient (Wildman–Crippen LogP) is 1.51. The largest absolute Gasteiger partial charge is 0.352 e. The highest BCUT2D eigenvalue weighted by molar-refractivity contribution is 5.78. The Balaban J connectivity index is 1.70. The van der Waals surface area contributed by atoms with E-state index in [1.165, 1.54) is 38.5 Å². The Bertz CT molecular complexity index is 269. The van der Waals surface area contributed by atoms with E-state index in [4.69, 9.17) is 0 Å². The minimum atomic E-state index is 0.216. The first-order valence-corrected chi connectivity index (χ1v) is 7.96. The molecule has 1 saturated heterocycles. The Labute approximate surface area is 117 Å². The van der Waals surface area contributed by atoms with E-state index in [-0.39, 0.29) is 5.91 Å². The Kier molecular flexibility index (Phi) is 6.11. The van der Waals surface area contributed by atoms with Gasteiger partial charge in [-0.05, 0) is 45.8 Å². The molecule has 1 saturated carbocycles. The highest BCUT2D eigenvalue weighted by Gasteiger charge is 2.21. The zero-order valence-electron chi connectivity index (χ0n) is 12.3. The summed E-state index contributed by atoms with van der Waals surface area (Å²) in [6.07, 6.45) is 9.87. The van der Waals surface area contributed by atoms with Gasteiger partial charge in [0.05, 0.1) is 6.54 Å². The fourth-order valence-electron chi connectivity index (χ4n) is 3.30. The fourth-order valence-corrected chi connectivity index (χ4v) is 3.30. The van der Waals surface area contributed by atoms with Gasteiger partial charge in [-0.2, -0.15) is 0 Å². The van der Waals surface area contributed by atoms with Gasteiger partial charge in [0.1, 0.15) is 0 Å². The Morgan fingerprint density at radius 2 is 1.74 bits per heavy atom. The van der Waals surface area contributed by atoms with Gasteiger partial charge in [-0.3, -0.25) is 9.69 Å². The van der Waals surface area contributed by atoms with Crippen molar-refractivity contribution in [2.24, 2.45) is 0 Å². The number of likely N-dealkylation sites (N-methyl/N-ethyl adjacent to an activating group) is 1. The first-order chi connectivity index (χ1) is 9.25. The van der Waals surface area contributed by atoms with E-state index >= 15 is 0 Å². The molecular weight excluding hydrogens is 238 g/mol. The maximum absolute atomic E-state index is 12.1. The average molecular weight is 267 g/mol. The summed E-state index contributed by atoms with van der Waals surface area (Å²) in [5, 5.41) is 6.60. The van der Waals surface area contributed by atoms with Crippen molar-refractivity contribution < 1.29 is 4.79 Å². The topological polar surface area (TPSA) is 44.4 Å². The molecule has 0 spiro atoms. The van der Waals surface area contributed by atoms with Gasteiger partial charge in [-0.1, -0.05) is 25.7 Å². The van der Waals surface area contributed by atoms with E-state index in [2.05, 4.69) is 22.6 Å². The SMILES string of the molecule is CN(CC(=O)NC1CCCCCC1)C1CCNCC1. The van der Waals surface area contributed by atoms with Crippen LogP contribution in [0.2, 0.25) is 0 Å². The monoisotopic (exact) mass is 267 g/mol. The molecule has 2 aliphatic rings. The van der Waals surface area contributed by atoms with Crippen molar-refractivity contribution in [2.45, 2.75) is 63.5 Å². The molecule has 0 aromatic heterocycles. The molecular formula is C15H29N3O. The zero-order valence-corrected chi connectivity index (χ0v) is 12.3. The van der Waals surface area contributed by atoms with E-state index in [1.807, 2.05) is 0 Å². The lowest BCUT2D eigenvalue weighted by atomic mass is 10.1. The van der Waals surface area contributed by atoms with Gasteiger partial charge in [0.15, 0.2) is 0 Å². The summed E-state index contributed by atoms with van der Waals surface area (Å²) in [7, 11) is 2.09. The summed E-state index contributed by atoms with van der Waals surface area (Å²) in [5.74, 6) is 0.216. The van der Waals surface area contributed by atoms with E-state index in [0.29, 0.717) is 18.6 Å². The highest BCUT2D eigenvalue weighted by atomic mass is 16.2. The van der Waals surface area contributed by atoms with Gasteiger partial charge in [0.25, 0.3) is 0 Å². The van der Waals surface area contributed by atoms with Crippen LogP contribution in [0, 0.1) is 0 Å². The fraction of sp³-hybridized carbons (Fsp3) is 0.933. The smallest absolute Gasteiger partial charge is 0.234 e. The minimum Gasteiger partial charge on any atom is -0.352 e. The molecule has 4 nitrogen and oxygen atoms in total. The van der Waals surface area contributed by atoms with Crippen LogP contribution in [0.1, 0.15) is 51.4 Å². The van der Waals surface area contributed by atoms with E-state index in [1.54, 1.807) is 0 Å². The lowest BCUT2D eigenvalue weighted by Crippen LogP contribution is -2.47. The molecule has 2 rings (SSSR count). The third-order valence-corrected chi connectivity index (χ3v) is 4.55. The van der Waals surface area contributed by atoms with Crippen molar-refractivity contribution in [3.05, 3.63) is 0 Å². The molecule has 0 atom stereocenters. The molecule has 0 bridgehead atoms. The highest BCUT2D eigenvalue weighted by Crippen LogP contribution is 2.17. The molecule has 110 valence electrons. The van der Waals surface area contributed by atoms with Crippen LogP contribution in [0.15, 0.2) is 0 Å². The molecule has 1 aliphatic carbocycles. The van der Waals surface area contributed by atoms with Gasteiger partial charge in [-0.15, -0.1) is 0 Å². The molecule has 1 amide bonds. The molecule has 0 aromatic rings. The van der Waals surface area contributed by atoms with Crippen molar-refractivity contribution in [1.82, 2.24) is 15.5 Å². The second kappa shape index (κ2) is 7.85. The Morgan fingerprint density at radius 1 is 1.11 bits per heavy atom. The molecule has 2 fully saturated rings. The van der Waals surface area contributed by atoms with Crippen molar-refractivity contribution in [2.75, 3.05) is 26.7 Å². The number of hydrogen-bond acceptors (Lipinski definition) is 3. The van der Waals surface area contributed by atoms with Gasteiger partial charge in [-0.25, -0.2) is 0 Å². The summed E-state index contributed by atoms with van der Waals surface area (Å²) in [4.78, 5) is 14.3. The first kappa shape index (κ1) is 14.8. The number of amides is 1. The van der Waals surface area contributed by atoms with Crippen LogP contribution in [0.3, 0.4) is 0 Å². The van der Waals surface area contributed by atoms with Crippen LogP contribution in [0.25, 0.3) is 0 Å². The number of rotatable bonds is 4. The van der Waals surface area contributed by atoms with Crippen LogP contribution >= 0.6 is 0 Å². The molecule has 4 heteroatoms. The van der Waals surface area contributed by atoms with Crippen LogP contribution < -0.4 is 10.6 Å². The first-order valence-electron chi connectivity index (χ1n) is 7.96. The second-order valence-corrected chi connectivity index (χ2v) is 6.15. The van der Waals surface area contributed by atoms with Crippen molar-refractivity contribution in [1.29, 1.82) is 0 Å². The van der Waals surface area contributed by atoms with Gasteiger partial charge in [0.2, 0.25) is 5.91 Å². The summed E-state index contributed by atoms with van der Waals surface area (Å²) < 4.78 is 0. The summed E-state index contributed by atoms with van der Waals surface area (Å²) >= 11 is 0. The minimum absolute atomic E-state index is 0.216. The van der Waals surface area contributed by atoms with Crippen molar-refractivity contribution in [3.63, 3.8) is 0 Å².